The van der Waals surface area contributed by atoms with E-state index in [0.29, 0.717) is 13.0 Å². The summed E-state index contributed by atoms with van der Waals surface area (Å²) >= 11 is 0. The quantitative estimate of drug-likeness (QED) is 0.860. The summed E-state index contributed by atoms with van der Waals surface area (Å²) in [5.74, 6) is -0.241. The number of carbonyl (C=O) groups is 1. The Labute approximate surface area is 135 Å². The zero-order chi connectivity index (χ0) is 16.2. The van der Waals surface area contributed by atoms with Crippen LogP contribution < -0.4 is 5.32 Å². The van der Waals surface area contributed by atoms with Crippen molar-refractivity contribution in [2.75, 3.05) is 6.54 Å². The fourth-order valence-electron chi connectivity index (χ4n) is 2.90. The number of amides is 1. The number of nitrogens with one attached hydrogen (secondary N) is 1. The monoisotopic (exact) mass is 313 g/mol. The number of hydrogen-bond donors (Lipinski definition) is 2. The zero-order valence-corrected chi connectivity index (χ0v) is 12.8. The van der Waals surface area contributed by atoms with Gasteiger partial charge in [-0.3, -0.25) is 4.79 Å². The molecule has 23 heavy (non-hydrogen) atoms. The molecule has 3 unspecified atom stereocenters. The van der Waals surface area contributed by atoms with Crippen LogP contribution in [0.5, 0.6) is 0 Å². The maximum atomic E-state index is 13.2. The summed E-state index contributed by atoms with van der Waals surface area (Å²) in [4.78, 5) is 12.1. The third kappa shape index (κ3) is 3.96. The molecule has 3 atom stereocenters. The number of benzene rings is 2. The van der Waals surface area contributed by atoms with Crippen molar-refractivity contribution in [2.45, 2.75) is 24.9 Å². The summed E-state index contributed by atoms with van der Waals surface area (Å²) in [6, 6.07) is 15.8. The third-order valence-corrected chi connectivity index (χ3v) is 4.31. The average molecular weight is 313 g/mol. The van der Waals surface area contributed by atoms with E-state index in [-0.39, 0.29) is 23.6 Å². The molecular formula is C19H20FNO2. The first-order valence-corrected chi connectivity index (χ1v) is 7.91. The summed E-state index contributed by atoms with van der Waals surface area (Å²) < 4.78 is 13.2. The maximum absolute atomic E-state index is 13.2. The Morgan fingerprint density at radius 3 is 2.74 bits per heavy atom. The minimum absolute atomic E-state index is 0.0143. The lowest BCUT2D eigenvalue weighted by Gasteiger charge is -2.11. The van der Waals surface area contributed by atoms with Crippen LogP contribution >= 0.6 is 0 Å². The van der Waals surface area contributed by atoms with E-state index in [9.17, 15) is 14.3 Å². The molecule has 1 fully saturated rings. The summed E-state index contributed by atoms with van der Waals surface area (Å²) in [5, 5.41) is 12.9. The molecule has 0 bridgehead atoms. The molecule has 3 rings (SSSR count). The Balaban J connectivity index is 1.44. The Hall–Kier alpha value is -2.20. The molecule has 0 radical (unpaired) electrons. The number of rotatable bonds is 6. The van der Waals surface area contributed by atoms with Gasteiger partial charge >= 0.3 is 0 Å². The van der Waals surface area contributed by atoms with Crippen LogP contribution in [0.4, 0.5) is 4.39 Å². The van der Waals surface area contributed by atoms with Gasteiger partial charge in [-0.15, -0.1) is 0 Å². The molecule has 2 aromatic carbocycles. The molecule has 0 saturated heterocycles. The fraction of sp³-hybridized carbons (Fsp3) is 0.316. The lowest BCUT2D eigenvalue weighted by Crippen LogP contribution is -2.27. The van der Waals surface area contributed by atoms with Gasteiger partial charge < -0.3 is 10.4 Å². The average Bonchev–Trinajstić information content (AvgIpc) is 3.36. The summed E-state index contributed by atoms with van der Waals surface area (Å²) in [6.45, 7) is 0.432. The normalized spacial score (nSPS) is 20.8. The highest BCUT2D eigenvalue weighted by atomic mass is 19.1. The van der Waals surface area contributed by atoms with Crippen molar-refractivity contribution in [1.82, 2.24) is 5.32 Å². The van der Waals surface area contributed by atoms with E-state index < -0.39 is 6.10 Å². The Morgan fingerprint density at radius 2 is 2.00 bits per heavy atom. The van der Waals surface area contributed by atoms with Crippen molar-refractivity contribution in [2.24, 2.45) is 5.92 Å². The van der Waals surface area contributed by atoms with E-state index in [1.165, 1.54) is 12.1 Å². The van der Waals surface area contributed by atoms with E-state index in [1.807, 2.05) is 36.4 Å². The third-order valence-electron chi connectivity index (χ3n) is 4.31. The molecule has 1 aliphatic carbocycles. The first-order valence-electron chi connectivity index (χ1n) is 7.91. The van der Waals surface area contributed by atoms with E-state index in [0.717, 1.165) is 17.5 Å². The van der Waals surface area contributed by atoms with Crippen LogP contribution in [0.25, 0.3) is 0 Å². The lowest BCUT2D eigenvalue weighted by molar-refractivity contribution is -0.122. The van der Waals surface area contributed by atoms with Gasteiger partial charge in [-0.25, -0.2) is 4.39 Å². The van der Waals surface area contributed by atoms with Gasteiger partial charge in [0.15, 0.2) is 0 Å². The van der Waals surface area contributed by atoms with Crippen molar-refractivity contribution in [3.63, 3.8) is 0 Å². The maximum Gasteiger partial charge on any atom is 0.223 e. The van der Waals surface area contributed by atoms with Crippen LogP contribution in [-0.2, 0) is 4.79 Å². The molecule has 3 nitrogen and oxygen atoms in total. The molecule has 2 N–H and O–H groups in total. The van der Waals surface area contributed by atoms with Crippen LogP contribution in [0.1, 0.15) is 36.0 Å². The van der Waals surface area contributed by atoms with Gasteiger partial charge in [-0.2, -0.15) is 0 Å². The van der Waals surface area contributed by atoms with Crippen molar-refractivity contribution < 1.29 is 14.3 Å². The zero-order valence-electron chi connectivity index (χ0n) is 12.8. The van der Waals surface area contributed by atoms with E-state index in [2.05, 4.69) is 5.32 Å². The van der Waals surface area contributed by atoms with Crippen molar-refractivity contribution in [3.8, 4) is 0 Å². The molecule has 0 heterocycles. The number of hydrogen-bond acceptors (Lipinski definition) is 2. The predicted octanol–water partition coefficient (Wildman–Crippen LogP) is 3.17. The van der Waals surface area contributed by atoms with Crippen LogP contribution in [0.15, 0.2) is 54.6 Å². The van der Waals surface area contributed by atoms with Crippen LogP contribution in [-0.4, -0.2) is 17.6 Å². The SMILES string of the molecule is O=C(NCCC(O)c1ccccc1)C1CC1c1cccc(F)c1. The molecule has 0 aromatic heterocycles. The van der Waals surface area contributed by atoms with Crippen LogP contribution in [0.2, 0.25) is 0 Å². The largest absolute Gasteiger partial charge is 0.388 e. The molecule has 1 aliphatic rings. The van der Waals surface area contributed by atoms with E-state index in [1.54, 1.807) is 6.07 Å². The molecule has 4 heteroatoms. The van der Waals surface area contributed by atoms with Gasteiger partial charge in [0.05, 0.1) is 6.10 Å². The van der Waals surface area contributed by atoms with Gasteiger partial charge in [0.1, 0.15) is 5.82 Å². The standard InChI is InChI=1S/C19H20FNO2/c20-15-8-4-7-14(11-15)16-12-17(16)19(23)21-10-9-18(22)13-5-2-1-3-6-13/h1-8,11,16-18,22H,9-10,12H2,(H,21,23). The second-order valence-electron chi connectivity index (χ2n) is 6.01. The van der Waals surface area contributed by atoms with Crippen molar-refractivity contribution in [3.05, 3.63) is 71.5 Å². The van der Waals surface area contributed by atoms with Crippen molar-refractivity contribution in [1.29, 1.82) is 0 Å². The Morgan fingerprint density at radius 1 is 1.22 bits per heavy atom. The van der Waals surface area contributed by atoms with E-state index in [4.69, 9.17) is 0 Å². The number of aliphatic hydroxyl groups is 1. The molecule has 1 saturated carbocycles. The van der Waals surface area contributed by atoms with Gasteiger partial charge in [-0.05, 0) is 42.0 Å². The second-order valence-corrected chi connectivity index (χ2v) is 6.01. The van der Waals surface area contributed by atoms with Gasteiger partial charge in [0.2, 0.25) is 5.91 Å². The van der Waals surface area contributed by atoms with Gasteiger partial charge in [-0.1, -0.05) is 42.5 Å². The summed E-state index contributed by atoms with van der Waals surface area (Å²) in [7, 11) is 0. The minimum atomic E-state index is -0.574. The topological polar surface area (TPSA) is 49.3 Å². The smallest absolute Gasteiger partial charge is 0.223 e. The molecule has 0 spiro atoms. The predicted molar refractivity (Wildman–Crippen MR) is 86.3 cm³/mol. The lowest BCUT2D eigenvalue weighted by atomic mass is 10.1. The summed E-state index contributed by atoms with van der Waals surface area (Å²) in [6.07, 6.45) is 0.665. The molecule has 120 valence electrons. The first-order chi connectivity index (χ1) is 11.1. The van der Waals surface area contributed by atoms with Gasteiger partial charge in [0, 0.05) is 12.5 Å². The molecule has 0 aliphatic heterocycles. The highest BCUT2D eigenvalue weighted by Gasteiger charge is 2.43. The first kappa shape index (κ1) is 15.7. The highest BCUT2D eigenvalue weighted by Crippen LogP contribution is 2.47. The second kappa shape index (κ2) is 6.92. The van der Waals surface area contributed by atoms with Crippen LogP contribution in [0.3, 0.4) is 0 Å². The number of carbonyl (C=O) groups excluding carboxylic acids is 1. The van der Waals surface area contributed by atoms with E-state index >= 15 is 0 Å². The minimum Gasteiger partial charge on any atom is -0.388 e. The van der Waals surface area contributed by atoms with Crippen molar-refractivity contribution >= 4 is 5.91 Å². The Kier molecular flexibility index (Phi) is 4.72. The summed E-state index contributed by atoms with van der Waals surface area (Å²) in [5.41, 5.74) is 1.74. The molecule has 2 aromatic rings. The Bertz CT molecular complexity index is 674. The van der Waals surface area contributed by atoms with Crippen LogP contribution in [0, 0.1) is 11.7 Å². The number of aliphatic hydroxyl groups excluding tert-OH is 1. The number of halogens is 1. The fourth-order valence-corrected chi connectivity index (χ4v) is 2.90. The molecular weight excluding hydrogens is 293 g/mol. The highest BCUT2D eigenvalue weighted by molar-refractivity contribution is 5.82. The van der Waals surface area contributed by atoms with Gasteiger partial charge in [0.25, 0.3) is 0 Å². The molecule has 1 amide bonds.